The molecule has 1 atom stereocenters. The molecule has 0 saturated carbocycles. The molecule has 146 valence electrons. The first-order chi connectivity index (χ1) is 12.8. The highest BCUT2D eigenvalue weighted by molar-refractivity contribution is 8.15. The molecule has 0 bridgehead atoms. The molecular formula is C17H21ClN4O4S. The molecule has 0 saturated heterocycles. The topological polar surface area (TPSA) is 114 Å². The number of ether oxygens (including phenoxy) is 1. The number of carbonyl (C=O) groups excluding carboxylic acids is 3. The number of nitrogens with zero attached hydrogens (tertiary/aromatic N) is 2. The predicted molar refractivity (Wildman–Crippen MR) is 106 cm³/mol. The van der Waals surface area contributed by atoms with E-state index in [2.05, 4.69) is 10.3 Å². The first kappa shape index (κ1) is 21.0. The van der Waals surface area contributed by atoms with Gasteiger partial charge in [0, 0.05) is 25.2 Å². The first-order valence-corrected chi connectivity index (χ1v) is 9.64. The third-order valence-electron chi connectivity index (χ3n) is 3.81. The smallest absolute Gasteiger partial charge is 0.262 e. The van der Waals surface area contributed by atoms with Crippen LogP contribution in [0.25, 0.3) is 0 Å². The lowest BCUT2D eigenvalue weighted by Gasteiger charge is -2.19. The summed E-state index contributed by atoms with van der Waals surface area (Å²) in [7, 11) is 0. The number of nitrogens with one attached hydrogen (secondary N) is 1. The summed E-state index contributed by atoms with van der Waals surface area (Å²) in [6.07, 6.45) is -0.0397. The summed E-state index contributed by atoms with van der Waals surface area (Å²) < 4.78 is 5.46. The Morgan fingerprint density at radius 3 is 2.63 bits per heavy atom. The third kappa shape index (κ3) is 5.86. The van der Waals surface area contributed by atoms with E-state index in [1.165, 1.54) is 6.07 Å². The van der Waals surface area contributed by atoms with Crippen molar-refractivity contribution in [2.24, 2.45) is 10.7 Å². The van der Waals surface area contributed by atoms with E-state index < -0.39 is 11.2 Å². The van der Waals surface area contributed by atoms with Crippen molar-refractivity contribution in [1.29, 1.82) is 0 Å². The minimum atomic E-state index is -0.603. The molecule has 1 aromatic carbocycles. The van der Waals surface area contributed by atoms with Crippen LogP contribution in [0, 0.1) is 0 Å². The summed E-state index contributed by atoms with van der Waals surface area (Å²) in [6, 6.07) is 4.70. The second-order valence-electron chi connectivity index (χ2n) is 5.65. The molecule has 0 spiro atoms. The molecule has 1 heterocycles. The summed E-state index contributed by atoms with van der Waals surface area (Å²) in [5, 5.41) is 2.49. The number of halogens is 1. The molecular weight excluding hydrogens is 392 g/mol. The van der Waals surface area contributed by atoms with Gasteiger partial charge >= 0.3 is 0 Å². The molecule has 8 nitrogen and oxygen atoms in total. The summed E-state index contributed by atoms with van der Waals surface area (Å²) in [4.78, 5) is 40.8. The summed E-state index contributed by atoms with van der Waals surface area (Å²) in [5.74, 6) is -0.550. The van der Waals surface area contributed by atoms with Crippen molar-refractivity contribution in [3.8, 4) is 5.75 Å². The lowest BCUT2D eigenvalue weighted by atomic mass is 10.2. The fourth-order valence-electron chi connectivity index (χ4n) is 2.42. The fourth-order valence-corrected chi connectivity index (χ4v) is 3.47. The molecule has 0 aliphatic carbocycles. The second kappa shape index (κ2) is 9.61. The number of amidine groups is 1. The lowest BCUT2D eigenvalue weighted by molar-refractivity contribution is -0.133. The number of aliphatic imine (C=N–C) groups is 1. The van der Waals surface area contributed by atoms with Crippen molar-refractivity contribution in [1.82, 2.24) is 4.90 Å². The van der Waals surface area contributed by atoms with E-state index in [1.54, 1.807) is 17.0 Å². The molecule has 0 radical (unpaired) electrons. The number of carbonyl (C=O) groups is 3. The van der Waals surface area contributed by atoms with Gasteiger partial charge in [-0.2, -0.15) is 4.99 Å². The Balaban J connectivity index is 1.89. The van der Waals surface area contributed by atoms with Crippen LogP contribution in [0.2, 0.25) is 5.02 Å². The van der Waals surface area contributed by atoms with E-state index in [-0.39, 0.29) is 35.0 Å². The SMILES string of the molecule is CCN(CC)C(=O)COc1ccc(NC(=O)C[C@@H]2SC(N)=NC2=O)cc1Cl. The highest BCUT2D eigenvalue weighted by Gasteiger charge is 2.29. The van der Waals surface area contributed by atoms with Crippen molar-refractivity contribution in [3.05, 3.63) is 23.2 Å². The monoisotopic (exact) mass is 412 g/mol. The van der Waals surface area contributed by atoms with Crippen molar-refractivity contribution in [2.75, 3.05) is 25.0 Å². The maximum Gasteiger partial charge on any atom is 0.262 e. The Bertz CT molecular complexity index is 767. The number of nitrogens with two attached hydrogens (primary N) is 1. The summed E-state index contributed by atoms with van der Waals surface area (Å²) >= 11 is 7.23. The highest BCUT2D eigenvalue weighted by atomic mass is 35.5. The Hall–Kier alpha value is -2.26. The number of amides is 3. The number of hydrogen-bond donors (Lipinski definition) is 2. The van der Waals surface area contributed by atoms with E-state index in [4.69, 9.17) is 22.1 Å². The lowest BCUT2D eigenvalue weighted by Crippen LogP contribution is -2.34. The molecule has 10 heteroatoms. The van der Waals surface area contributed by atoms with Crippen molar-refractivity contribution in [2.45, 2.75) is 25.5 Å². The Morgan fingerprint density at radius 1 is 1.37 bits per heavy atom. The Morgan fingerprint density at radius 2 is 2.07 bits per heavy atom. The minimum Gasteiger partial charge on any atom is -0.482 e. The fraction of sp³-hybridized carbons (Fsp3) is 0.412. The van der Waals surface area contributed by atoms with Gasteiger partial charge in [0.1, 0.15) is 11.0 Å². The van der Waals surface area contributed by atoms with Gasteiger partial charge in [0.05, 0.1) is 5.02 Å². The molecule has 0 unspecified atom stereocenters. The van der Waals surface area contributed by atoms with Crippen LogP contribution in [0.3, 0.4) is 0 Å². The van der Waals surface area contributed by atoms with Crippen molar-refractivity contribution >= 4 is 51.9 Å². The molecule has 0 fully saturated rings. The Labute approximate surface area is 166 Å². The van der Waals surface area contributed by atoms with Gasteiger partial charge in [-0.25, -0.2) is 0 Å². The van der Waals surface area contributed by atoms with Crippen LogP contribution in [-0.4, -0.2) is 52.7 Å². The van der Waals surface area contributed by atoms with E-state index in [1.807, 2.05) is 13.8 Å². The predicted octanol–water partition coefficient (Wildman–Crippen LogP) is 1.87. The third-order valence-corrected chi connectivity index (χ3v) is 5.09. The van der Waals surface area contributed by atoms with Gasteiger partial charge in [0.2, 0.25) is 5.91 Å². The molecule has 2 rings (SSSR count). The van der Waals surface area contributed by atoms with Gasteiger partial charge in [0.25, 0.3) is 11.8 Å². The molecule has 1 aliphatic rings. The molecule has 27 heavy (non-hydrogen) atoms. The largest absolute Gasteiger partial charge is 0.482 e. The van der Waals surface area contributed by atoms with Crippen LogP contribution < -0.4 is 15.8 Å². The molecule has 1 aromatic rings. The molecule has 0 aromatic heterocycles. The molecule has 3 N–H and O–H groups in total. The van der Waals surface area contributed by atoms with Crippen LogP contribution in [0.4, 0.5) is 5.69 Å². The summed E-state index contributed by atoms with van der Waals surface area (Å²) in [6.45, 7) is 4.88. The first-order valence-electron chi connectivity index (χ1n) is 8.38. The van der Waals surface area contributed by atoms with Gasteiger partial charge in [-0.3, -0.25) is 14.4 Å². The quantitative estimate of drug-likeness (QED) is 0.673. The number of likely N-dealkylation sites (N-methyl/N-ethyl adjacent to an activating group) is 1. The van der Waals surface area contributed by atoms with Gasteiger partial charge in [-0.05, 0) is 32.0 Å². The average molecular weight is 413 g/mol. The number of anilines is 1. The zero-order chi connectivity index (χ0) is 20.0. The van der Waals surface area contributed by atoms with E-state index in [9.17, 15) is 14.4 Å². The number of benzene rings is 1. The van der Waals surface area contributed by atoms with E-state index in [0.717, 1.165) is 11.8 Å². The number of rotatable bonds is 8. The van der Waals surface area contributed by atoms with Crippen molar-refractivity contribution < 1.29 is 19.1 Å². The zero-order valence-corrected chi connectivity index (χ0v) is 16.6. The van der Waals surface area contributed by atoms with Crippen molar-refractivity contribution in [3.63, 3.8) is 0 Å². The Kier molecular flexibility index (Phi) is 7.49. The van der Waals surface area contributed by atoms with Gasteiger partial charge in [-0.15, -0.1) is 0 Å². The van der Waals surface area contributed by atoms with Gasteiger partial charge < -0.3 is 20.7 Å². The van der Waals surface area contributed by atoms with Crippen LogP contribution in [-0.2, 0) is 14.4 Å². The summed E-state index contributed by atoms with van der Waals surface area (Å²) in [5.41, 5.74) is 5.92. The number of hydrogen-bond acceptors (Lipinski definition) is 6. The van der Waals surface area contributed by atoms with Crippen LogP contribution in [0.15, 0.2) is 23.2 Å². The zero-order valence-electron chi connectivity index (χ0n) is 15.0. The van der Waals surface area contributed by atoms with E-state index in [0.29, 0.717) is 24.5 Å². The van der Waals surface area contributed by atoms with Crippen LogP contribution >= 0.6 is 23.4 Å². The molecule has 1 aliphatic heterocycles. The van der Waals surface area contributed by atoms with E-state index >= 15 is 0 Å². The second-order valence-corrected chi connectivity index (χ2v) is 7.28. The maximum atomic E-state index is 12.1. The van der Waals surface area contributed by atoms with Gasteiger partial charge in [0.15, 0.2) is 11.8 Å². The average Bonchev–Trinajstić information content (AvgIpc) is 2.92. The maximum absolute atomic E-state index is 12.1. The highest BCUT2D eigenvalue weighted by Crippen LogP contribution is 2.28. The standard InChI is InChI=1S/C17H21ClN4O4S/c1-3-22(4-2)15(24)9-26-12-6-5-10(7-11(12)18)20-14(23)8-13-16(25)21-17(19)27-13/h5-7,13H,3-4,8-9H2,1-2H3,(H,20,23)(H2,19,21,25)/t13-/m0/s1. The van der Waals surface area contributed by atoms with Crippen LogP contribution in [0.1, 0.15) is 20.3 Å². The number of thioether (sulfide) groups is 1. The van der Waals surface area contributed by atoms with Gasteiger partial charge in [-0.1, -0.05) is 23.4 Å². The van der Waals surface area contributed by atoms with Crippen LogP contribution in [0.5, 0.6) is 5.75 Å². The minimum absolute atomic E-state index is 0.0397. The molecule has 3 amide bonds. The normalized spacial score (nSPS) is 16.0.